The molecule has 1 aromatic carbocycles. The predicted octanol–water partition coefficient (Wildman–Crippen LogP) is 2.10. The molecule has 2 aliphatic rings. The van der Waals surface area contributed by atoms with Gasteiger partial charge >= 0.3 is 0 Å². The minimum atomic E-state index is 0.282. The highest BCUT2D eigenvalue weighted by molar-refractivity contribution is 5.47. The lowest BCUT2D eigenvalue weighted by Crippen LogP contribution is -2.33. The number of rotatable bonds is 4. The van der Waals surface area contributed by atoms with Gasteiger partial charge in [-0.05, 0) is 24.8 Å². The van der Waals surface area contributed by atoms with Crippen LogP contribution >= 0.6 is 0 Å². The minimum absolute atomic E-state index is 0.282. The van der Waals surface area contributed by atoms with E-state index in [9.17, 15) is 5.11 Å². The van der Waals surface area contributed by atoms with Gasteiger partial charge < -0.3 is 19.9 Å². The van der Waals surface area contributed by atoms with Crippen LogP contribution in [0.1, 0.15) is 31.2 Å². The van der Waals surface area contributed by atoms with Crippen molar-refractivity contribution in [1.82, 2.24) is 5.32 Å². The molecule has 0 amide bonds. The van der Waals surface area contributed by atoms with Gasteiger partial charge in [0.05, 0.1) is 13.2 Å². The second-order valence-corrected chi connectivity index (χ2v) is 5.66. The van der Waals surface area contributed by atoms with Gasteiger partial charge in [-0.25, -0.2) is 0 Å². The Morgan fingerprint density at radius 1 is 1.15 bits per heavy atom. The summed E-state index contributed by atoms with van der Waals surface area (Å²) in [5.74, 6) is 2.14. The third-order valence-electron chi connectivity index (χ3n) is 4.30. The molecule has 1 aromatic rings. The zero-order chi connectivity index (χ0) is 13.8. The Balaban J connectivity index is 1.68. The molecule has 1 fully saturated rings. The topological polar surface area (TPSA) is 50.7 Å². The fourth-order valence-electron chi connectivity index (χ4n) is 3.16. The smallest absolute Gasteiger partial charge is 0.165 e. The van der Waals surface area contributed by atoms with Gasteiger partial charge in [0.2, 0.25) is 0 Å². The van der Waals surface area contributed by atoms with Gasteiger partial charge in [-0.15, -0.1) is 0 Å². The van der Waals surface area contributed by atoms with E-state index in [4.69, 9.17) is 9.47 Å². The molecule has 0 bridgehead atoms. The summed E-state index contributed by atoms with van der Waals surface area (Å²) in [4.78, 5) is 0. The molecule has 0 saturated heterocycles. The second-order valence-electron chi connectivity index (χ2n) is 5.66. The van der Waals surface area contributed by atoms with E-state index in [1.807, 2.05) is 12.1 Å². The van der Waals surface area contributed by atoms with Gasteiger partial charge in [-0.2, -0.15) is 0 Å². The third-order valence-corrected chi connectivity index (χ3v) is 4.30. The van der Waals surface area contributed by atoms with Crippen LogP contribution in [0.15, 0.2) is 18.2 Å². The third kappa shape index (κ3) is 2.91. The molecule has 1 saturated carbocycles. The number of aliphatic hydroxyl groups is 1. The molecule has 1 heterocycles. The lowest BCUT2D eigenvalue weighted by molar-refractivity contribution is 0.204. The van der Waals surface area contributed by atoms with Crippen molar-refractivity contribution in [2.24, 2.45) is 5.92 Å². The van der Waals surface area contributed by atoms with Crippen LogP contribution in [0, 0.1) is 5.92 Å². The van der Waals surface area contributed by atoms with Crippen molar-refractivity contribution in [1.29, 1.82) is 0 Å². The Bertz CT molecular complexity index is 449. The summed E-state index contributed by atoms with van der Waals surface area (Å²) in [7, 11) is 0. The van der Waals surface area contributed by atoms with Gasteiger partial charge in [-0.3, -0.25) is 0 Å². The highest BCUT2D eigenvalue weighted by atomic mass is 16.5. The number of nitrogens with one attached hydrogen (secondary N) is 1. The van der Waals surface area contributed by atoms with Crippen molar-refractivity contribution in [3.8, 4) is 11.5 Å². The first-order chi connectivity index (χ1) is 9.88. The SMILES string of the molecule is OCC1CCCC1NCc1cccc2c1OCCCO2. The summed E-state index contributed by atoms with van der Waals surface area (Å²) in [5.41, 5.74) is 1.15. The zero-order valence-electron chi connectivity index (χ0n) is 11.8. The fourth-order valence-corrected chi connectivity index (χ4v) is 3.16. The van der Waals surface area contributed by atoms with Crippen LogP contribution in [-0.4, -0.2) is 31.0 Å². The molecule has 20 heavy (non-hydrogen) atoms. The number of ether oxygens (including phenoxy) is 2. The highest BCUT2D eigenvalue weighted by Gasteiger charge is 2.26. The number of benzene rings is 1. The van der Waals surface area contributed by atoms with Crippen LogP contribution in [0.4, 0.5) is 0 Å². The van der Waals surface area contributed by atoms with Gasteiger partial charge in [-0.1, -0.05) is 18.6 Å². The normalized spacial score (nSPS) is 25.4. The van der Waals surface area contributed by atoms with Crippen LogP contribution in [-0.2, 0) is 6.54 Å². The molecule has 2 unspecified atom stereocenters. The standard InChI is InChI=1S/C16H23NO3/c18-11-13-5-1-6-14(13)17-10-12-4-2-7-15-16(12)20-9-3-8-19-15/h2,4,7,13-14,17-18H,1,3,5-6,8-11H2. The summed E-state index contributed by atoms with van der Waals surface area (Å²) >= 11 is 0. The summed E-state index contributed by atoms with van der Waals surface area (Å²) in [6.07, 6.45) is 4.41. The number of hydrogen-bond donors (Lipinski definition) is 2. The van der Waals surface area contributed by atoms with Crippen molar-refractivity contribution < 1.29 is 14.6 Å². The van der Waals surface area contributed by atoms with Gasteiger partial charge in [0.25, 0.3) is 0 Å². The Morgan fingerprint density at radius 3 is 2.95 bits per heavy atom. The molecular weight excluding hydrogens is 254 g/mol. The first-order valence-corrected chi connectivity index (χ1v) is 7.60. The molecule has 110 valence electrons. The van der Waals surface area contributed by atoms with E-state index in [0.29, 0.717) is 18.6 Å². The van der Waals surface area contributed by atoms with E-state index in [1.165, 1.54) is 6.42 Å². The maximum atomic E-state index is 9.38. The molecule has 0 spiro atoms. The quantitative estimate of drug-likeness (QED) is 0.885. The van der Waals surface area contributed by atoms with Crippen LogP contribution in [0.5, 0.6) is 11.5 Å². The monoisotopic (exact) mass is 277 g/mol. The molecule has 4 heteroatoms. The van der Waals surface area contributed by atoms with E-state index >= 15 is 0 Å². The molecule has 1 aliphatic carbocycles. The second kappa shape index (κ2) is 6.46. The van der Waals surface area contributed by atoms with E-state index < -0.39 is 0 Å². The van der Waals surface area contributed by atoms with Crippen LogP contribution in [0.25, 0.3) is 0 Å². The molecular formula is C16H23NO3. The molecule has 4 nitrogen and oxygen atoms in total. The average Bonchev–Trinajstić information content (AvgIpc) is 2.80. The maximum Gasteiger partial charge on any atom is 0.165 e. The van der Waals surface area contributed by atoms with Crippen molar-refractivity contribution in [3.05, 3.63) is 23.8 Å². The first kappa shape index (κ1) is 13.7. The van der Waals surface area contributed by atoms with Crippen molar-refractivity contribution in [2.75, 3.05) is 19.8 Å². The number of para-hydroxylation sites is 1. The summed E-state index contributed by atoms with van der Waals surface area (Å²) < 4.78 is 11.5. The Labute approximate surface area is 120 Å². The Kier molecular flexibility index (Phi) is 4.43. The molecule has 1 aliphatic heterocycles. The summed E-state index contributed by atoms with van der Waals surface area (Å²) in [6, 6.07) is 6.49. The minimum Gasteiger partial charge on any atom is -0.490 e. The lowest BCUT2D eigenvalue weighted by Gasteiger charge is -2.20. The Morgan fingerprint density at radius 2 is 2.05 bits per heavy atom. The van der Waals surface area contributed by atoms with Crippen molar-refractivity contribution in [3.63, 3.8) is 0 Å². The van der Waals surface area contributed by atoms with Gasteiger partial charge in [0.1, 0.15) is 0 Å². The molecule has 2 N–H and O–H groups in total. The maximum absolute atomic E-state index is 9.38. The van der Waals surface area contributed by atoms with E-state index in [1.54, 1.807) is 0 Å². The van der Waals surface area contributed by atoms with Gasteiger partial charge in [0.15, 0.2) is 11.5 Å². The summed E-state index contributed by atoms with van der Waals surface area (Å²) in [5, 5.41) is 13.0. The largest absolute Gasteiger partial charge is 0.490 e. The van der Waals surface area contributed by atoms with E-state index in [0.717, 1.165) is 49.5 Å². The van der Waals surface area contributed by atoms with Crippen molar-refractivity contribution in [2.45, 2.75) is 38.3 Å². The van der Waals surface area contributed by atoms with E-state index in [2.05, 4.69) is 11.4 Å². The van der Waals surface area contributed by atoms with Crippen LogP contribution in [0.3, 0.4) is 0 Å². The summed E-state index contributed by atoms with van der Waals surface area (Å²) in [6.45, 7) is 2.49. The number of hydrogen-bond acceptors (Lipinski definition) is 4. The van der Waals surface area contributed by atoms with Crippen LogP contribution in [0.2, 0.25) is 0 Å². The van der Waals surface area contributed by atoms with E-state index in [-0.39, 0.29) is 6.61 Å². The first-order valence-electron chi connectivity index (χ1n) is 7.60. The molecule has 2 atom stereocenters. The predicted molar refractivity (Wildman–Crippen MR) is 77.1 cm³/mol. The lowest BCUT2D eigenvalue weighted by atomic mass is 10.0. The molecule has 0 aromatic heterocycles. The number of fused-ring (bicyclic) bond motifs is 1. The highest BCUT2D eigenvalue weighted by Crippen LogP contribution is 2.33. The van der Waals surface area contributed by atoms with Gasteiger partial charge in [0, 0.05) is 31.2 Å². The zero-order valence-corrected chi connectivity index (χ0v) is 11.8. The molecule has 3 rings (SSSR count). The van der Waals surface area contributed by atoms with Crippen molar-refractivity contribution >= 4 is 0 Å². The van der Waals surface area contributed by atoms with Crippen LogP contribution < -0.4 is 14.8 Å². The average molecular weight is 277 g/mol. The molecule has 0 radical (unpaired) electrons. The Hall–Kier alpha value is -1.26. The fraction of sp³-hybridized carbons (Fsp3) is 0.625. The number of aliphatic hydroxyl groups excluding tert-OH is 1.